The third kappa shape index (κ3) is 6.09. The lowest BCUT2D eigenvalue weighted by Gasteiger charge is -2.57. The van der Waals surface area contributed by atoms with Crippen molar-refractivity contribution in [3.63, 3.8) is 0 Å². The molecule has 0 spiro atoms. The number of rotatable bonds is 6. The van der Waals surface area contributed by atoms with Gasteiger partial charge in [-0.3, -0.25) is 9.36 Å². The van der Waals surface area contributed by atoms with E-state index in [2.05, 4.69) is 27.9 Å². The second kappa shape index (κ2) is 13.1. The molecular formula is C36H30ClF2N7O5S. The molecular weight excluding hydrogens is 716 g/mol. The third-order valence-corrected chi connectivity index (χ3v) is 11.4. The number of quaternary nitrogens is 1. The number of likely N-dealkylation sites (tertiary alicyclic amines) is 1. The largest absolute Gasteiger partial charge is 0.633 e. The molecule has 5 aromatic rings. The van der Waals surface area contributed by atoms with Crippen LogP contribution in [0.5, 0.6) is 0 Å². The highest BCUT2D eigenvalue weighted by atomic mass is 35.5. The molecule has 2 fully saturated rings. The van der Waals surface area contributed by atoms with Gasteiger partial charge >= 0.3 is 5.97 Å². The molecule has 1 N–H and O–H groups in total. The topological polar surface area (TPSA) is 162 Å². The van der Waals surface area contributed by atoms with Crippen LogP contribution in [0.3, 0.4) is 0 Å². The van der Waals surface area contributed by atoms with Crippen LogP contribution >= 0.6 is 22.9 Å². The molecule has 0 radical (unpaired) electrons. The van der Waals surface area contributed by atoms with Crippen molar-refractivity contribution in [1.29, 1.82) is 5.26 Å². The number of nitrogens with zero attached hydrogens (tertiary/aromatic N) is 7. The van der Waals surface area contributed by atoms with Crippen LogP contribution in [-0.4, -0.2) is 68.4 Å². The van der Waals surface area contributed by atoms with E-state index in [1.54, 1.807) is 43.1 Å². The molecule has 52 heavy (non-hydrogen) atoms. The highest BCUT2D eigenvalue weighted by Gasteiger charge is 2.53. The average Bonchev–Trinajstić information content (AvgIpc) is 3.56. The number of hydrogen-bond acceptors (Lipinski definition) is 9. The Balaban J connectivity index is 1.19. The van der Waals surface area contributed by atoms with Crippen molar-refractivity contribution >= 4 is 55.8 Å². The van der Waals surface area contributed by atoms with Crippen molar-refractivity contribution in [3.8, 4) is 29.0 Å². The summed E-state index contributed by atoms with van der Waals surface area (Å²) in [5.74, 6) is 2.71. The molecule has 0 bridgehead atoms. The number of carboxylic acids is 1. The van der Waals surface area contributed by atoms with Gasteiger partial charge in [0.15, 0.2) is 6.20 Å². The smallest absolute Gasteiger partial charge is 0.343 e. The van der Waals surface area contributed by atoms with Crippen molar-refractivity contribution < 1.29 is 28.1 Å². The number of hydrogen-bond donors (Lipinski definition) is 1. The predicted molar refractivity (Wildman–Crippen MR) is 191 cm³/mol. The molecule has 0 amide bonds. The van der Waals surface area contributed by atoms with Gasteiger partial charge in [0, 0.05) is 59.1 Å². The van der Waals surface area contributed by atoms with Gasteiger partial charge in [0.2, 0.25) is 5.52 Å². The van der Waals surface area contributed by atoms with E-state index in [1.807, 2.05) is 0 Å². The van der Waals surface area contributed by atoms with Crippen LogP contribution in [0.2, 0.25) is 5.02 Å². The van der Waals surface area contributed by atoms with Gasteiger partial charge in [0.1, 0.15) is 39.6 Å². The number of aromatic carboxylic acids is 1. The molecule has 1 saturated carbocycles. The number of fused-ring (bicyclic) bond motifs is 2. The summed E-state index contributed by atoms with van der Waals surface area (Å²) < 4.78 is 28.7. The standard InChI is InChI=1S/C36H30ClF2N7O5S/c1-20-42-29-18-41-33(43(2)23-8-12-46(51,13-9-23)24-15-36(38,39)16-24)27(17-40)30(29)34(47)44(20)10-3-4-21-5-6-22(37)14-26(21)25-7-11-45(50)31-28(35(48)49)19-52-32(25)31/h5-7,11,14,18-19,23-24H,8-10,12-13,15-16H2,1-2H3,(H,48,49). The number of hydroxylamine groups is 3. The van der Waals surface area contributed by atoms with Crippen LogP contribution in [0, 0.1) is 40.5 Å². The third-order valence-electron chi connectivity index (χ3n) is 10.1. The maximum Gasteiger partial charge on any atom is 0.343 e. The van der Waals surface area contributed by atoms with Gasteiger partial charge in [-0.25, -0.2) is 23.5 Å². The van der Waals surface area contributed by atoms with Crippen LogP contribution in [-0.2, 0) is 6.54 Å². The number of thiophene rings is 1. The summed E-state index contributed by atoms with van der Waals surface area (Å²) in [5.41, 5.74) is 1.34. The van der Waals surface area contributed by atoms with E-state index in [9.17, 15) is 39.2 Å². The number of anilines is 1. The zero-order valence-corrected chi connectivity index (χ0v) is 29.5. The lowest BCUT2D eigenvalue weighted by Crippen LogP contribution is -2.64. The summed E-state index contributed by atoms with van der Waals surface area (Å²) in [6.45, 7) is 1.91. The summed E-state index contributed by atoms with van der Waals surface area (Å²) >= 11 is 7.47. The fraction of sp³-hybridized carbons (Fsp3) is 0.333. The first-order valence-corrected chi connectivity index (χ1v) is 17.6. The summed E-state index contributed by atoms with van der Waals surface area (Å²) in [6.07, 6.45) is 2.72. The minimum Gasteiger partial charge on any atom is -0.633 e. The second-order valence-electron chi connectivity index (χ2n) is 13.2. The Bertz CT molecular complexity index is 2450. The minimum atomic E-state index is -2.77. The number of piperidine rings is 1. The fourth-order valence-electron chi connectivity index (χ4n) is 7.23. The zero-order valence-electron chi connectivity index (χ0n) is 27.9. The first-order valence-electron chi connectivity index (χ1n) is 16.4. The lowest BCUT2D eigenvalue weighted by molar-refractivity contribution is -0.919. The van der Waals surface area contributed by atoms with Gasteiger partial charge in [-0.1, -0.05) is 23.4 Å². The number of halogens is 3. The van der Waals surface area contributed by atoms with Crippen LogP contribution < -0.4 is 15.2 Å². The van der Waals surface area contributed by atoms with Crippen molar-refractivity contribution in [3.05, 3.63) is 90.3 Å². The number of carboxylic acid groups (broad SMARTS) is 1. The van der Waals surface area contributed by atoms with Crippen molar-refractivity contribution in [2.45, 2.75) is 57.2 Å². The second-order valence-corrected chi connectivity index (χ2v) is 14.5. The maximum absolute atomic E-state index is 14.0. The van der Waals surface area contributed by atoms with E-state index >= 15 is 0 Å². The molecule has 266 valence electrons. The molecule has 2 aliphatic rings. The predicted octanol–water partition coefficient (Wildman–Crippen LogP) is 5.60. The first-order chi connectivity index (χ1) is 24.7. The molecule has 1 saturated heterocycles. The normalized spacial score (nSPS) is 19.8. The van der Waals surface area contributed by atoms with Crippen molar-refractivity contribution in [1.82, 2.24) is 14.5 Å². The van der Waals surface area contributed by atoms with E-state index in [-0.39, 0.29) is 59.0 Å². The van der Waals surface area contributed by atoms with Crippen LogP contribution in [0.25, 0.3) is 32.2 Å². The Labute approximate surface area is 304 Å². The summed E-state index contributed by atoms with van der Waals surface area (Å²) in [6, 6.07) is 7.92. The Morgan fingerprint density at radius 3 is 2.67 bits per heavy atom. The molecule has 7 rings (SSSR count). The number of carbonyl (C=O) groups is 1. The number of nitriles is 1. The molecule has 1 aliphatic carbocycles. The van der Waals surface area contributed by atoms with Gasteiger partial charge < -0.3 is 25.1 Å². The Kier molecular flexibility index (Phi) is 8.87. The molecule has 0 atom stereocenters. The number of aromatic nitrogens is 4. The van der Waals surface area contributed by atoms with E-state index in [0.29, 0.717) is 49.8 Å². The molecule has 12 nitrogen and oxygen atoms in total. The van der Waals surface area contributed by atoms with E-state index < -0.39 is 41.0 Å². The summed E-state index contributed by atoms with van der Waals surface area (Å²) in [5, 5.41) is 47.6. The SMILES string of the molecule is Cc1nc2cnc(N(C)C3CC[N+]([O-])(C4CC(F)(F)C4)CC3)c(C#N)c2c(=O)n1CC#Cc1ccc(Cl)cc1-c1cc[n+]([O-])c2c(C(=O)O)csc12. The number of alkyl halides is 2. The van der Waals surface area contributed by atoms with Gasteiger partial charge in [-0.2, -0.15) is 9.99 Å². The van der Waals surface area contributed by atoms with Crippen molar-refractivity contribution in [2.75, 3.05) is 25.0 Å². The fourth-order valence-corrected chi connectivity index (χ4v) is 8.46. The summed E-state index contributed by atoms with van der Waals surface area (Å²) in [7, 11) is 1.74. The van der Waals surface area contributed by atoms with Gasteiger partial charge in [-0.05, 0) is 25.1 Å². The van der Waals surface area contributed by atoms with E-state index in [0.717, 1.165) is 11.3 Å². The molecule has 1 aromatic carbocycles. The molecule has 0 unspecified atom stereocenters. The van der Waals surface area contributed by atoms with Gasteiger partial charge in [0.05, 0.1) is 49.6 Å². The number of benzene rings is 1. The zero-order chi connectivity index (χ0) is 37.1. The summed E-state index contributed by atoms with van der Waals surface area (Å²) in [4.78, 5) is 36.6. The minimum absolute atomic E-state index is 0.0216. The van der Waals surface area contributed by atoms with Gasteiger partial charge in [0.25, 0.3) is 11.5 Å². The lowest BCUT2D eigenvalue weighted by atomic mass is 9.84. The average molecular weight is 746 g/mol. The Morgan fingerprint density at radius 1 is 1.27 bits per heavy atom. The highest BCUT2D eigenvalue weighted by molar-refractivity contribution is 7.18. The maximum atomic E-state index is 14.0. The highest BCUT2D eigenvalue weighted by Crippen LogP contribution is 2.45. The van der Waals surface area contributed by atoms with Crippen molar-refractivity contribution in [2.24, 2.45) is 0 Å². The van der Waals surface area contributed by atoms with Crippen LogP contribution in [0.15, 0.2) is 46.8 Å². The van der Waals surface area contributed by atoms with Gasteiger partial charge in [-0.15, -0.1) is 11.3 Å². The van der Waals surface area contributed by atoms with Crippen LogP contribution in [0.4, 0.5) is 14.6 Å². The van der Waals surface area contributed by atoms with E-state index in [4.69, 9.17) is 11.6 Å². The Hall–Kier alpha value is -5.19. The first kappa shape index (κ1) is 35.2. The molecule has 16 heteroatoms. The monoisotopic (exact) mass is 745 g/mol. The molecule has 4 aromatic heterocycles. The number of aryl methyl sites for hydroxylation is 1. The molecule has 1 aliphatic heterocycles. The van der Waals surface area contributed by atoms with E-state index in [1.165, 1.54) is 22.3 Å². The quantitative estimate of drug-likeness (QED) is 0.101. The van der Waals surface area contributed by atoms with Crippen LogP contribution in [0.1, 0.15) is 53.0 Å². The molecule has 5 heterocycles. The number of pyridine rings is 2. The Morgan fingerprint density at radius 2 is 2.00 bits per heavy atom.